The molecule has 0 radical (unpaired) electrons. The van der Waals surface area contributed by atoms with Crippen molar-refractivity contribution in [3.63, 3.8) is 0 Å². The third-order valence-electron chi connectivity index (χ3n) is 8.37. The zero-order chi connectivity index (χ0) is 23.3. The number of allylic oxidation sites excluding steroid dienone is 4. The van der Waals surface area contributed by atoms with Crippen LogP contribution in [0.15, 0.2) is 48.3 Å². The molecule has 0 N–H and O–H groups in total. The summed E-state index contributed by atoms with van der Waals surface area (Å²) in [6, 6.07) is 10.9. The summed E-state index contributed by atoms with van der Waals surface area (Å²) >= 11 is 0. The summed E-state index contributed by atoms with van der Waals surface area (Å²) in [5.41, 5.74) is 3.03. The largest absolute Gasteiger partial charge is 0.199 e. The van der Waals surface area contributed by atoms with E-state index in [1.54, 1.807) is 11.6 Å². The van der Waals surface area contributed by atoms with Crippen molar-refractivity contribution >= 4 is 0 Å². The summed E-state index contributed by atoms with van der Waals surface area (Å²) in [4.78, 5) is 0. The zero-order valence-electron chi connectivity index (χ0n) is 20.8. The van der Waals surface area contributed by atoms with Crippen molar-refractivity contribution in [3.8, 4) is 6.07 Å². The maximum absolute atomic E-state index is 12.7. The van der Waals surface area contributed by atoms with E-state index in [1.807, 2.05) is 6.08 Å². The lowest BCUT2D eigenvalue weighted by molar-refractivity contribution is 0.244. The van der Waals surface area contributed by atoms with Gasteiger partial charge in [-0.2, -0.15) is 9.65 Å². The smallest absolute Gasteiger partial charge is 0.195 e. The molecular formula is C31H44FN. The molecule has 2 aliphatic carbocycles. The minimum Gasteiger partial charge on any atom is -0.195 e. The van der Waals surface area contributed by atoms with Gasteiger partial charge in [-0.05, 0) is 85.8 Å². The summed E-state index contributed by atoms with van der Waals surface area (Å²) in [6.45, 7) is 2.23. The van der Waals surface area contributed by atoms with Gasteiger partial charge in [0.2, 0.25) is 0 Å². The molecular weight excluding hydrogens is 405 g/mol. The van der Waals surface area contributed by atoms with Crippen LogP contribution in [0.3, 0.4) is 0 Å². The molecule has 1 aromatic carbocycles. The molecule has 2 aliphatic rings. The van der Waals surface area contributed by atoms with Gasteiger partial charge in [0.25, 0.3) is 0 Å². The van der Waals surface area contributed by atoms with Crippen LogP contribution < -0.4 is 0 Å². The lowest BCUT2D eigenvalue weighted by atomic mass is 9.76. The van der Waals surface area contributed by atoms with Crippen LogP contribution in [-0.4, -0.2) is 0 Å². The van der Waals surface area contributed by atoms with Crippen molar-refractivity contribution in [2.75, 3.05) is 0 Å². The number of hydrogen-bond acceptors (Lipinski definition) is 1. The summed E-state index contributed by atoms with van der Waals surface area (Å²) in [5.74, 6) is 2.84. The maximum Gasteiger partial charge on any atom is 0.199 e. The summed E-state index contributed by atoms with van der Waals surface area (Å²) < 4.78 is 12.7. The molecule has 0 heterocycles. The first-order chi connectivity index (χ1) is 16.2. The Morgan fingerprint density at radius 1 is 0.879 bits per heavy atom. The molecule has 0 saturated heterocycles. The quantitative estimate of drug-likeness (QED) is 0.187. The predicted molar refractivity (Wildman–Crippen MR) is 138 cm³/mol. The van der Waals surface area contributed by atoms with E-state index in [1.165, 1.54) is 101 Å². The topological polar surface area (TPSA) is 23.8 Å². The van der Waals surface area contributed by atoms with Gasteiger partial charge < -0.3 is 0 Å². The highest BCUT2D eigenvalue weighted by atomic mass is 19.1. The molecule has 2 heteroatoms. The molecule has 0 bridgehead atoms. The fourth-order valence-electron chi connectivity index (χ4n) is 6.10. The van der Waals surface area contributed by atoms with E-state index >= 15 is 0 Å². The second-order valence-electron chi connectivity index (χ2n) is 10.6. The number of hydrogen-bond donors (Lipinski definition) is 0. The first-order valence-electron chi connectivity index (χ1n) is 13.7. The van der Waals surface area contributed by atoms with Crippen LogP contribution in [-0.2, 0) is 6.42 Å². The number of benzene rings is 1. The molecule has 2 saturated carbocycles. The number of halogens is 1. The zero-order valence-corrected chi connectivity index (χ0v) is 20.8. The molecule has 1 aromatic rings. The Kier molecular flexibility index (Phi) is 11.2. The monoisotopic (exact) mass is 449 g/mol. The van der Waals surface area contributed by atoms with E-state index in [-0.39, 0.29) is 0 Å². The average Bonchev–Trinajstić information content (AvgIpc) is 2.87. The van der Waals surface area contributed by atoms with Crippen molar-refractivity contribution in [1.29, 1.82) is 5.26 Å². The molecule has 0 amide bonds. The van der Waals surface area contributed by atoms with Crippen molar-refractivity contribution in [3.05, 3.63) is 59.4 Å². The molecule has 0 aliphatic heterocycles. The van der Waals surface area contributed by atoms with Crippen molar-refractivity contribution in [1.82, 2.24) is 0 Å². The van der Waals surface area contributed by atoms with Crippen LogP contribution in [0.5, 0.6) is 0 Å². The number of rotatable bonds is 11. The van der Waals surface area contributed by atoms with Gasteiger partial charge in [0.05, 0.1) is 0 Å². The number of aryl methyl sites for hydroxylation is 1. The standard InChI is InChI=1S/C31H44FN/c1-2-25-16-20-29(21-17-25)30-22-18-28(19-23-30)10-7-6-9-27-14-12-26(13-15-27)8-4-3-5-11-31(32)24-33/h3,5,11,16-17,20-21,26-28,30H,2,4,6-10,12-15,18-19,22-23H2,1H3/b5-3+,31-11-/t26-,27-,28-,30-. The third-order valence-corrected chi connectivity index (χ3v) is 8.37. The van der Waals surface area contributed by atoms with Gasteiger partial charge in [-0.15, -0.1) is 0 Å². The van der Waals surface area contributed by atoms with Gasteiger partial charge in [-0.3, -0.25) is 0 Å². The minimum absolute atomic E-state index is 0.711. The second kappa shape index (κ2) is 14.4. The SMILES string of the molecule is CCc1ccc([C@H]2CC[C@H](CCCC[C@H]3CC[C@H](CC/C=C/C=C(\F)C#N)CC3)CC2)cc1. The fraction of sp³-hybridized carbons (Fsp3) is 0.645. The number of nitrogens with zero attached hydrogens (tertiary/aromatic N) is 1. The highest BCUT2D eigenvalue weighted by molar-refractivity contribution is 5.25. The molecule has 33 heavy (non-hydrogen) atoms. The van der Waals surface area contributed by atoms with Crippen molar-refractivity contribution < 1.29 is 4.39 Å². The van der Waals surface area contributed by atoms with Gasteiger partial charge in [0.1, 0.15) is 6.07 Å². The maximum atomic E-state index is 12.7. The Bertz CT molecular complexity index is 768. The first kappa shape index (κ1) is 25.7. The van der Waals surface area contributed by atoms with E-state index in [0.29, 0.717) is 0 Å². The van der Waals surface area contributed by atoms with Crippen LogP contribution in [0, 0.1) is 29.1 Å². The Morgan fingerprint density at radius 2 is 1.42 bits per heavy atom. The Morgan fingerprint density at radius 3 is 1.97 bits per heavy atom. The highest BCUT2D eigenvalue weighted by Crippen LogP contribution is 2.38. The average molecular weight is 450 g/mol. The van der Waals surface area contributed by atoms with Crippen LogP contribution in [0.25, 0.3) is 0 Å². The summed E-state index contributed by atoms with van der Waals surface area (Å²) in [7, 11) is 0. The van der Waals surface area contributed by atoms with Crippen molar-refractivity contribution in [2.24, 2.45) is 17.8 Å². The molecule has 0 aromatic heterocycles. The molecule has 0 unspecified atom stereocenters. The van der Waals surface area contributed by atoms with Gasteiger partial charge in [-0.25, -0.2) is 0 Å². The summed E-state index contributed by atoms with van der Waals surface area (Å²) in [5, 5.41) is 8.40. The number of unbranched alkanes of at least 4 members (excludes halogenated alkanes) is 1. The fourth-order valence-corrected chi connectivity index (χ4v) is 6.10. The van der Waals surface area contributed by atoms with E-state index < -0.39 is 5.83 Å². The molecule has 180 valence electrons. The van der Waals surface area contributed by atoms with E-state index in [2.05, 4.69) is 31.2 Å². The third kappa shape index (κ3) is 9.11. The summed E-state index contributed by atoms with van der Waals surface area (Å²) in [6.07, 6.45) is 25.2. The lowest BCUT2D eigenvalue weighted by Gasteiger charge is -2.30. The van der Waals surface area contributed by atoms with Gasteiger partial charge in [0.15, 0.2) is 5.83 Å². The molecule has 2 fully saturated rings. The normalized spacial score (nSPS) is 26.4. The van der Waals surface area contributed by atoms with E-state index in [4.69, 9.17) is 5.26 Å². The van der Waals surface area contributed by atoms with Gasteiger partial charge in [0, 0.05) is 0 Å². The van der Waals surface area contributed by atoms with Crippen LogP contribution >= 0.6 is 0 Å². The second-order valence-corrected chi connectivity index (χ2v) is 10.6. The predicted octanol–water partition coefficient (Wildman–Crippen LogP) is 9.60. The molecule has 0 spiro atoms. The molecule has 1 nitrogen and oxygen atoms in total. The highest BCUT2D eigenvalue weighted by Gasteiger charge is 2.23. The van der Waals surface area contributed by atoms with Gasteiger partial charge >= 0.3 is 0 Å². The van der Waals surface area contributed by atoms with Gasteiger partial charge in [-0.1, -0.05) is 94.7 Å². The van der Waals surface area contributed by atoms with Crippen LogP contribution in [0.1, 0.15) is 114 Å². The van der Waals surface area contributed by atoms with Crippen molar-refractivity contribution in [2.45, 2.75) is 109 Å². The number of nitriles is 1. The van der Waals surface area contributed by atoms with Crippen LogP contribution in [0.2, 0.25) is 0 Å². The Hall–Kier alpha value is -1.88. The Balaban J connectivity index is 1.21. The van der Waals surface area contributed by atoms with E-state index in [0.717, 1.165) is 36.5 Å². The first-order valence-corrected chi connectivity index (χ1v) is 13.7. The Labute approximate surface area is 202 Å². The minimum atomic E-state index is -0.711. The lowest BCUT2D eigenvalue weighted by Crippen LogP contribution is -2.15. The molecule has 0 atom stereocenters. The van der Waals surface area contributed by atoms with E-state index in [9.17, 15) is 4.39 Å². The van der Waals surface area contributed by atoms with Crippen LogP contribution in [0.4, 0.5) is 4.39 Å². The molecule has 3 rings (SSSR count).